The summed E-state index contributed by atoms with van der Waals surface area (Å²) in [7, 11) is 3.84. The Kier molecular flexibility index (Phi) is 2.37. The Balaban J connectivity index is 2.44. The largest absolute Gasteiger partial charge is 0.370 e. The zero-order chi connectivity index (χ0) is 8.43. The summed E-state index contributed by atoms with van der Waals surface area (Å²) in [5.41, 5.74) is 5.66. The lowest BCUT2D eigenvalue weighted by molar-refractivity contribution is 0.281. The molecule has 1 saturated carbocycles. The molecule has 1 rings (SSSR count). The van der Waals surface area contributed by atoms with Crippen LogP contribution in [0.4, 0.5) is 0 Å². The topological polar surface area (TPSA) is 41.6 Å². The van der Waals surface area contributed by atoms with Gasteiger partial charge in [-0.2, -0.15) is 0 Å². The van der Waals surface area contributed by atoms with Gasteiger partial charge < -0.3 is 10.6 Å². The second kappa shape index (κ2) is 3.11. The number of hydrogen-bond acceptors (Lipinski definition) is 1. The summed E-state index contributed by atoms with van der Waals surface area (Å²) >= 11 is 0. The van der Waals surface area contributed by atoms with E-state index in [1.165, 1.54) is 12.8 Å². The first-order valence-corrected chi connectivity index (χ1v) is 4.12. The molecule has 0 heterocycles. The fraction of sp³-hybridized carbons (Fsp3) is 0.875. The standard InChI is InChI=1S/C8H17N3/c1-6-4-5-7(6)10-8(9)11(2)3/h6-7H,4-5H2,1-3H3,(H2,9,10). The molecule has 0 aromatic carbocycles. The van der Waals surface area contributed by atoms with Crippen LogP contribution in [0.5, 0.6) is 0 Å². The quantitative estimate of drug-likeness (QED) is 0.446. The van der Waals surface area contributed by atoms with Gasteiger partial charge in [0.15, 0.2) is 5.96 Å². The number of rotatable bonds is 1. The van der Waals surface area contributed by atoms with Gasteiger partial charge in [-0.05, 0) is 18.8 Å². The van der Waals surface area contributed by atoms with Gasteiger partial charge in [0.2, 0.25) is 0 Å². The Bertz CT molecular complexity index is 163. The molecule has 0 amide bonds. The highest BCUT2D eigenvalue weighted by Crippen LogP contribution is 2.29. The van der Waals surface area contributed by atoms with E-state index in [1.807, 2.05) is 19.0 Å². The number of nitrogens with two attached hydrogens (primary N) is 1. The highest BCUT2D eigenvalue weighted by molar-refractivity contribution is 5.77. The molecule has 0 bridgehead atoms. The lowest BCUT2D eigenvalue weighted by Gasteiger charge is -2.31. The number of hydrogen-bond donors (Lipinski definition) is 1. The van der Waals surface area contributed by atoms with Crippen LogP contribution in [0.25, 0.3) is 0 Å². The highest BCUT2D eigenvalue weighted by atomic mass is 15.2. The van der Waals surface area contributed by atoms with E-state index >= 15 is 0 Å². The summed E-state index contributed by atoms with van der Waals surface area (Å²) in [5, 5.41) is 0. The van der Waals surface area contributed by atoms with Crippen LogP contribution >= 0.6 is 0 Å². The van der Waals surface area contributed by atoms with Gasteiger partial charge in [0.1, 0.15) is 0 Å². The highest BCUT2D eigenvalue weighted by Gasteiger charge is 2.26. The Morgan fingerprint density at radius 3 is 2.36 bits per heavy atom. The van der Waals surface area contributed by atoms with E-state index in [2.05, 4.69) is 11.9 Å². The van der Waals surface area contributed by atoms with Gasteiger partial charge in [0.05, 0.1) is 6.04 Å². The molecule has 0 aromatic heterocycles. The van der Waals surface area contributed by atoms with Crippen molar-refractivity contribution in [2.24, 2.45) is 16.6 Å². The van der Waals surface area contributed by atoms with Gasteiger partial charge >= 0.3 is 0 Å². The van der Waals surface area contributed by atoms with E-state index in [0.29, 0.717) is 12.0 Å². The monoisotopic (exact) mass is 155 g/mol. The molecule has 2 N–H and O–H groups in total. The van der Waals surface area contributed by atoms with Crippen LogP contribution in [-0.4, -0.2) is 31.0 Å². The molecule has 2 unspecified atom stereocenters. The molecular weight excluding hydrogens is 138 g/mol. The third-order valence-electron chi connectivity index (χ3n) is 2.33. The first-order valence-electron chi connectivity index (χ1n) is 4.12. The van der Waals surface area contributed by atoms with Crippen molar-refractivity contribution >= 4 is 5.96 Å². The molecule has 2 atom stereocenters. The number of aliphatic imine (C=N–C) groups is 1. The molecule has 0 spiro atoms. The maximum atomic E-state index is 5.66. The second-order valence-electron chi connectivity index (χ2n) is 3.50. The molecular formula is C8H17N3. The van der Waals surface area contributed by atoms with E-state index in [4.69, 9.17) is 5.73 Å². The van der Waals surface area contributed by atoms with Crippen LogP contribution in [0, 0.1) is 5.92 Å². The summed E-state index contributed by atoms with van der Waals surface area (Å²) in [6.45, 7) is 2.22. The van der Waals surface area contributed by atoms with Crippen molar-refractivity contribution in [3.8, 4) is 0 Å². The average molecular weight is 155 g/mol. The first-order chi connectivity index (χ1) is 5.11. The smallest absolute Gasteiger partial charge is 0.191 e. The summed E-state index contributed by atoms with van der Waals surface area (Å²) < 4.78 is 0. The van der Waals surface area contributed by atoms with E-state index in [0.717, 1.165) is 5.92 Å². The normalized spacial score (nSPS) is 31.4. The minimum absolute atomic E-state index is 0.484. The fourth-order valence-electron chi connectivity index (χ4n) is 1.13. The van der Waals surface area contributed by atoms with Crippen molar-refractivity contribution in [2.45, 2.75) is 25.8 Å². The molecule has 64 valence electrons. The van der Waals surface area contributed by atoms with Gasteiger partial charge in [-0.1, -0.05) is 6.92 Å². The van der Waals surface area contributed by atoms with Crippen LogP contribution in [0.2, 0.25) is 0 Å². The maximum Gasteiger partial charge on any atom is 0.191 e. The minimum atomic E-state index is 0.484. The lowest BCUT2D eigenvalue weighted by Crippen LogP contribution is -2.36. The first kappa shape index (κ1) is 8.37. The Labute approximate surface area is 68.3 Å². The van der Waals surface area contributed by atoms with E-state index in [9.17, 15) is 0 Å². The lowest BCUT2D eigenvalue weighted by atomic mass is 9.82. The molecule has 1 aliphatic rings. The molecule has 0 radical (unpaired) electrons. The van der Waals surface area contributed by atoms with Crippen molar-refractivity contribution in [3.05, 3.63) is 0 Å². The number of nitrogens with zero attached hydrogens (tertiary/aromatic N) is 2. The van der Waals surface area contributed by atoms with Crippen molar-refractivity contribution < 1.29 is 0 Å². The molecule has 3 nitrogen and oxygen atoms in total. The van der Waals surface area contributed by atoms with Crippen LogP contribution in [0.3, 0.4) is 0 Å². The Hall–Kier alpha value is -0.730. The summed E-state index contributed by atoms with van der Waals surface area (Å²) in [5.74, 6) is 1.38. The van der Waals surface area contributed by atoms with Gasteiger partial charge in [0.25, 0.3) is 0 Å². The Morgan fingerprint density at radius 2 is 2.09 bits per heavy atom. The third-order valence-corrected chi connectivity index (χ3v) is 2.33. The molecule has 0 aliphatic heterocycles. The van der Waals surface area contributed by atoms with Crippen molar-refractivity contribution in [1.29, 1.82) is 0 Å². The van der Waals surface area contributed by atoms with Crippen LogP contribution in [0.15, 0.2) is 4.99 Å². The predicted octanol–water partition coefficient (Wildman–Crippen LogP) is 0.661. The minimum Gasteiger partial charge on any atom is -0.370 e. The van der Waals surface area contributed by atoms with Crippen LogP contribution < -0.4 is 5.73 Å². The molecule has 0 aromatic rings. The second-order valence-corrected chi connectivity index (χ2v) is 3.50. The van der Waals surface area contributed by atoms with Gasteiger partial charge in [-0.3, -0.25) is 0 Å². The van der Waals surface area contributed by atoms with Crippen molar-refractivity contribution in [1.82, 2.24) is 4.90 Å². The van der Waals surface area contributed by atoms with E-state index in [1.54, 1.807) is 0 Å². The number of guanidine groups is 1. The zero-order valence-electron chi connectivity index (χ0n) is 7.54. The van der Waals surface area contributed by atoms with Gasteiger partial charge in [-0.15, -0.1) is 0 Å². The average Bonchev–Trinajstić information content (AvgIpc) is 1.96. The van der Waals surface area contributed by atoms with E-state index < -0.39 is 0 Å². The zero-order valence-corrected chi connectivity index (χ0v) is 7.54. The Morgan fingerprint density at radius 1 is 1.45 bits per heavy atom. The molecule has 0 saturated heterocycles. The van der Waals surface area contributed by atoms with Crippen molar-refractivity contribution in [3.63, 3.8) is 0 Å². The molecule has 3 heteroatoms. The van der Waals surface area contributed by atoms with Crippen LogP contribution in [0.1, 0.15) is 19.8 Å². The third kappa shape index (κ3) is 1.85. The summed E-state index contributed by atoms with van der Waals surface area (Å²) in [6, 6.07) is 0.484. The molecule has 11 heavy (non-hydrogen) atoms. The molecule has 1 fully saturated rings. The van der Waals surface area contributed by atoms with Gasteiger partial charge in [0, 0.05) is 14.1 Å². The fourth-order valence-corrected chi connectivity index (χ4v) is 1.13. The molecule has 1 aliphatic carbocycles. The van der Waals surface area contributed by atoms with Crippen molar-refractivity contribution in [2.75, 3.05) is 14.1 Å². The van der Waals surface area contributed by atoms with E-state index in [-0.39, 0.29) is 0 Å². The SMILES string of the molecule is CC1CCC1N=C(N)N(C)C. The summed E-state index contributed by atoms with van der Waals surface area (Å²) in [4.78, 5) is 6.24. The van der Waals surface area contributed by atoms with Gasteiger partial charge in [-0.25, -0.2) is 4.99 Å². The maximum absolute atomic E-state index is 5.66. The summed E-state index contributed by atoms with van der Waals surface area (Å²) in [6.07, 6.45) is 2.50. The van der Waals surface area contributed by atoms with Crippen LogP contribution in [-0.2, 0) is 0 Å². The predicted molar refractivity (Wildman–Crippen MR) is 47.5 cm³/mol.